The minimum Gasteiger partial charge on any atom is -0.462 e. The first kappa shape index (κ1) is 35.1. The van der Waals surface area contributed by atoms with Crippen molar-refractivity contribution in [2.45, 2.75) is 71.2 Å². The fraction of sp³-hybridized carbons (Fsp3) is 0.400. The first-order valence-electron chi connectivity index (χ1n) is 15.9. The molecule has 0 saturated carbocycles. The highest BCUT2D eigenvalue weighted by Gasteiger charge is 2.41. The molecule has 2 aromatic carbocycles. The van der Waals surface area contributed by atoms with Gasteiger partial charge in [-0.3, -0.25) is 24.3 Å². The standard InChI is InChI=1S/C35H44N6O6/c1-5-47-34(45)35(46,18-10-12-23(2)3)39-32(43)29(38-31(42)25-13-7-6-8-14-25)20-26-21-40(33(44)24(4)36)22-41(26)30-17-9-16-28-27(30)15-11-19-37-28/h6-9,11,13-17,19,21,23-24,29,46H,5,10,12,18,20,22,36H2,1-4H3,(H,38,42)(H,39,43)/t24-,29-,35?/m0/s1. The fourth-order valence-electron chi connectivity index (χ4n) is 5.42. The Morgan fingerprint density at radius 2 is 1.79 bits per heavy atom. The third kappa shape index (κ3) is 8.72. The van der Waals surface area contributed by atoms with Gasteiger partial charge in [0.15, 0.2) is 0 Å². The molecule has 0 bridgehead atoms. The lowest BCUT2D eigenvalue weighted by molar-refractivity contribution is -0.172. The number of rotatable bonds is 14. The maximum absolute atomic E-state index is 14.0. The number of esters is 1. The SMILES string of the molecule is CCOC(=O)C(O)(CCCC(C)C)NC(=O)[C@H](CC1=CN(C(=O)[C@H](C)N)CN1c1cccc2ncccc12)NC(=O)c1ccccc1. The van der Waals surface area contributed by atoms with Crippen LogP contribution in [0.25, 0.3) is 10.9 Å². The predicted molar refractivity (Wildman–Crippen MR) is 178 cm³/mol. The molecule has 2 heterocycles. The number of carbonyl (C=O) groups excluding carboxylic acids is 4. The number of anilines is 1. The molecule has 5 N–H and O–H groups in total. The van der Waals surface area contributed by atoms with Crippen molar-refractivity contribution >= 4 is 40.3 Å². The van der Waals surface area contributed by atoms with Crippen molar-refractivity contribution in [1.82, 2.24) is 20.5 Å². The second kappa shape index (κ2) is 15.7. The van der Waals surface area contributed by atoms with Crippen LogP contribution in [-0.2, 0) is 19.1 Å². The van der Waals surface area contributed by atoms with Gasteiger partial charge in [-0.05, 0) is 62.6 Å². The van der Waals surface area contributed by atoms with Gasteiger partial charge >= 0.3 is 5.97 Å². The molecule has 3 amide bonds. The quantitative estimate of drug-likeness (QED) is 0.152. The van der Waals surface area contributed by atoms with Gasteiger partial charge in [0.1, 0.15) is 12.7 Å². The van der Waals surface area contributed by atoms with Crippen molar-refractivity contribution in [2.24, 2.45) is 11.7 Å². The van der Waals surface area contributed by atoms with E-state index in [0.717, 1.165) is 16.6 Å². The number of ether oxygens (including phenoxy) is 1. The van der Waals surface area contributed by atoms with E-state index in [1.165, 1.54) is 4.90 Å². The lowest BCUT2D eigenvalue weighted by Crippen LogP contribution is -2.60. The van der Waals surface area contributed by atoms with Crippen LogP contribution < -0.4 is 21.3 Å². The summed E-state index contributed by atoms with van der Waals surface area (Å²) < 4.78 is 5.14. The molecule has 0 fully saturated rings. The molecular weight excluding hydrogens is 600 g/mol. The van der Waals surface area contributed by atoms with E-state index in [0.29, 0.717) is 30.0 Å². The molecular formula is C35H44N6O6. The van der Waals surface area contributed by atoms with E-state index in [1.54, 1.807) is 56.6 Å². The van der Waals surface area contributed by atoms with Gasteiger partial charge < -0.3 is 31.1 Å². The number of hydrogen-bond donors (Lipinski definition) is 4. The molecule has 1 aliphatic rings. The summed E-state index contributed by atoms with van der Waals surface area (Å²) in [7, 11) is 0. The normalized spacial score (nSPS) is 15.5. The Balaban J connectivity index is 1.72. The number of nitrogens with zero attached hydrogens (tertiary/aromatic N) is 3. The van der Waals surface area contributed by atoms with Crippen molar-refractivity contribution in [3.05, 3.63) is 84.3 Å². The number of aromatic nitrogens is 1. The molecule has 12 nitrogen and oxygen atoms in total. The summed E-state index contributed by atoms with van der Waals surface area (Å²) >= 11 is 0. The average Bonchev–Trinajstić information content (AvgIpc) is 3.47. The van der Waals surface area contributed by atoms with Gasteiger partial charge in [-0.2, -0.15) is 0 Å². The van der Waals surface area contributed by atoms with Gasteiger partial charge in [0.05, 0.1) is 23.9 Å². The topological polar surface area (TPSA) is 167 Å². The van der Waals surface area contributed by atoms with Crippen LogP contribution in [0.1, 0.15) is 63.7 Å². The zero-order valence-electron chi connectivity index (χ0n) is 27.3. The van der Waals surface area contributed by atoms with E-state index in [4.69, 9.17) is 10.5 Å². The van der Waals surface area contributed by atoms with Crippen molar-refractivity contribution in [2.75, 3.05) is 18.2 Å². The maximum Gasteiger partial charge on any atom is 0.359 e. The summed E-state index contributed by atoms with van der Waals surface area (Å²) in [6, 6.07) is 15.6. The Kier molecular flexibility index (Phi) is 11.7. The molecule has 250 valence electrons. The summed E-state index contributed by atoms with van der Waals surface area (Å²) in [5, 5.41) is 17.5. The van der Waals surface area contributed by atoms with Crippen LogP contribution in [0.2, 0.25) is 0 Å². The number of fused-ring (bicyclic) bond motifs is 1. The first-order valence-corrected chi connectivity index (χ1v) is 15.9. The van der Waals surface area contributed by atoms with Crippen molar-refractivity contribution in [3.63, 3.8) is 0 Å². The molecule has 1 unspecified atom stereocenters. The molecule has 3 aromatic rings. The van der Waals surface area contributed by atoms with Crippen molar-refractivity contribution < 1.29 is 29.0 Å². The molecule has 0 saturated heterocycles. The number of pyridine rings is 1. The van der Waals surface area contributed by atoms with Gasteiger partial charge in [-0.25, -0.2) is 4.79 Å². The van der Waals surface area contributed by atoms with E-state index in [9.17, 15) is 24.3 Å². The van der Waals surface area contributed by atoms with Gasteiger partial charge in [0, 0.05) is 41.9 Å². The van der Waals surface area contributed by atoms with Crippen LogP contribution in [0, 0.1) is 5.92 Å². The summed E-state index contributed by atoms with van der Waals surface area (Å²) in [6.45, 7) is 7.34. The number of amides is 3. The predicted octanol–water partition coefficient (Wildman–Crippen LogP) is 3.41. The van der Waals surface area contributed by atoms with Crippen LogP contribution in [-0.4, -0.2) is 69.8 Å². The Labute approximate surface area is 275 Å². The minimum atomic E-state index is -2.32. The summed E-state index contributed by atoms with van der Waals surface area (Å²) in [6.07, 6.45) is 4.26. The highest BCUT2D eigenvalue weighted by Crippen LogP contribution is 2.33. The highest BCUT2D eigenvalue weighted by atomic mass is 16.6. The van der Waals surface area contributed by atoms with Crippen LogP contribution in [0.3, 0.4) is 0 Å². The minimum absolute atomic E-state index is 0.000526. The van der Waals surface area contributed by atoms with Crippen LogP contribution >= 0.6 is 0 Å². The van der Waals surface area contributed by atoms with E-state index in [-0.39, 0.29) is 32.0 Å². The monoisotopic (exact) mass is 644 g/mol. The first-order chi connectivity index (χ1) is 22.4. The lowest BCUT2D eigenvalue weighted by atomic mass is 9.99. The van der Waals surface area contributed by atoms with Gasteiger partial charge in [0.25, 0.3) is 5.91 Å². The number of carbonyl (C=O) groups is 4. The highest BCUT2D eigenvalue weighted by molar-refractivity contribution is 5.99. The van der Waals surface area contributed by atoms with E-state index in [2.05, 4.69) is 15.6 Å². The second-order valence-corrected chi connectivity index (χ2v) is 12.1. The van der Waals surface area contributed by atoms with Crippen molar-refractivity contribution in [3.8, 4) is 0 Å². The van der Waals surface area contributed by atoms with Gasteiger partial charge in [-0.1, -0.05) is 44.5 Å². The molecule has 12 heteroatoms. The number of aliphatic hydroxyl groups is 1. The molecule has 0 aliphatic carbocycles. The van der Waals surface area contributed by atoms with Crippen molar-refractivity contribution in [1.29, 1.82) is 0 Å². The maximum atomic E-state index is 14.0. The van der Waals surface area contributed by atoms with Crippen LogP contribution in [0.15, 0.2) is 78.8 Å². The number of hydrogen-bond acceptors (Lipinski definition) is 9. The fourth-order valence-corrected chi connectivity index (χ4v) is 5.42. The third-order valence-corrected chi connectivity index (χ3v) is 7.87. The van der Waals surface area contributed by atoms with Crippen LogP contribution in [0.4, 0.5) is 5.69 Å². The third-order valence-electron chi connectivity index (χ3n) is 7.87. The summed E-state index contributed by atoms with van der Waals surface area (Å²) in [4.78, 5) is 61.3. The van der Waals surface area contributed by atoms with Crippen LogP contribution in [0.5, 0.6) is 0 Å². The largest absolute Gasteiger partial charge is 0.462 e. The summed E-state index contributed by atoms with van der Waals surface area (Å²) in [5.74, 6) is -2.34. The Bertz CT molecular complexity index is 1610. The summed E-state index contributed by atoms with van der Waals surface area (Å²) in [5.41, 5.74) is 5.93. The Morgan fingerprint density at radius 1 is 1.04 bits per heavy atom. The molecule has 3 atom stereocenters. The zero-order chi connectivity index (χ0) is 34.1. The van der Waals surface area contributed by atoms with E-state index >= 15 is 0 Å². The molecule has 0 spiro atoms. The molecule has 1 aliphatic heterocycles. The smallest absolute Gasteiger partial charge is 0.359 e. The van der Waals surface area contributed by atoms with E-state index < -0.39 is 35.6 Å². The average molecular weight is 645 g/mol. The van der Waals surface area contributed by atoms with Gasteiger partial charge in [0.2, 0.25) is 17.5 Å². The number of nitrogens with one attached hydrogen (secondary N) is 2. The molecule has 1 aromatic heterocycles. The Hall–Kier alpha value is -4.81. The van der Waals surface area contributed by atoms with E-state index in [1.807, 2.05) is 49.1 Å². The second-order valence-electron chi connectivity index (χ2n) is 12.1. The lowest BCUT2D eigenvalue weighted by Gasteiger charge is -2.31. The zero-order valence-corrected chi connectivity index (χ0v) is 27.3. The molecule has 4 rings (SSSR count). The Morgan fingerprint density at radius 3 is 2.47 bits per heavy atom. The van der Waals surface area contributed by atoms with Gasteiger partial charge in [-0.15, -0.1) is 0 Å². The molecule has 47 heavy (non-hydrogen) atoms. The number of nitrogens with two attached hydrogens (primary N) is 1. The molecule has 0 radical (unpaired) electrons. The number of benzene rings is 2.